The van der Waals surface area contributed by atoms with Gasteiger partial charge in [0.05, 0.1) is 19.2 Å². The summed E-state index contributed by atoms with van der Waals surface area (Å²) in [5.74, 6) is -0.513. The number of hydrogen-bond donors (Lipinski definition) is 1. The van der Waals surface area contributed by atoms with E-state index in [1.165, 1.54) is 12.0 Å². The Labute approximate surface area is 116 Å². The molecule has 20 heavy (non-hydrogen) atoms. The van der Waals surface area contributed by atoms with E-state index in [1.54, 1.807) is 25.2 Å². The first-order valence-electron chi connectivity index (χ1n) is 6.27. The molecular formula is C14H16N2O4. The van der Waals surface area contributed by atoms with Crippen molar-refractivity contribution in [3.05, 3.63) is 29.3 Å². The van der Waals surface area contributed by atoms with Gasteiger partial charge in [-0.15, -0.1) is 0 Å². The molecule has 0 aromatic heterocycles. The molecule has 0 fully saturated rings. The zero-order chi connectivity index (χ0) is 14.7. The minimum Gasteiger partial charge on any atom is -0.469 e. The number of ether oxygens (including phenoxy) is 1. The average molecular weight is 276 g/mol. The zero-order valence-corrected chi connectivity index (χ0v) is 11.4. The first kappa shape index (κ1) is 14.0. The summed E-state index contributed by atoms with van der Waals surface area (Å²) < 4.78 is 4.51. The first-order chi connectivity index (χ1) is 9.52. The van der Waals surface area contributed by atoms with Gasteiger partial charge >= 0.3 is 12.0 Å². The molecule has 1 aliphatic heterocycles. The van der Waals surface area contributed by atoms with Crippen molar-refractivity contribution in [1.29, 1.82) is 0 Å². The summed E-state index contributed by atoms with van der Waals surface area (Å²) >= 11 is 0. The third kappa shape index (κ3) is 2.79. The van der Waals surface area contributed by atoms with Crippen molar-refractivity contribution in [2.45, 2.75) is 19.4 Å². The summed E-state index contributed by atoms with van der Waals surface area (Å²) in [5.41, 5.74) is 2.21. The molecular weight excluding hydrogens is 260 g/mol. The van der Waals surface area contributed by atoms with Crippen LogP contribution in [0.15, 0.2) is 18.2 Å². The van der Waals surface area contributed by atoms with Gasteiger partial charge in [-0.2, -0.15) is 0 Å². The van der Waals surface area contributed by atoms with Crippen molar-refractivity contribution in [3.8, 4) is 0 Å². The summed E-state index contributed by atoms with van der Waals surface area (Å²) in [7, 11) is 2.97. The SMILES string of the molecule is COC(=O)CCC(=O)c1ccc2c(c1)CNC(=O)N2C. The number of fused-ring (bicyclic) bond motifs is 1. The van der Waals surface area contributed by atoms with E-state index in [9.17, 15) is 14.4 Å². The smallest absolute Gasteiger partial charge is 0.321 e. The molecule has 0 radical (unpaired) electrons. The van der Waals surface area contributed by atoms with Gasteiger partial charge < -0.3 is 10.1 Å². The number of nitrogens with one attached hydrogen (secondary N) is 1. The van der Waals surface area contributed by atoms with E-state index >= 15 is 0 Å². The lowest BCUT2D eigenvalue weighted by molar-refractivity contribution is -0.140. The lowest BCUT2D eigenvalue weighted by Crippen LogP contribution is -2.41. The Morgan fingerprint density at radius 2 is 2.10 bits per heavy atom. The van der Waals surface area contributed by atoms with E-state index in [2.05, 4.69) is 10.1 Å². The van der Waals surface area contributed by atoms with Gasteiger partial charge in [-0.3, -0.25) is 14.5 Å². The molecule has 0 unspecified atom stereocenters. The number of hydrogen-bond acceptors (Lipinski definition) is 4. The molecule has 1 aromatic rings. The number of urea groups is 1. The molecule has 0 saturated heterocycles. The van der Waals surface area contributed by atoms with Gasteiger partial charge in [0.25, 0.3) is 0 Å². The van der Waals surface area contributed by atoms with E-state index in [1.807, 2.05) is 0 Å². The number of rotatable bonds is 4. The van der Waals surface area contributed by atoms with Crippen LogP contribution < -0.4 is 10.2 Å². The van der Waals surface area contributed by atoms with E-state index < -0.39 is 5.97 Å². The van der Waals surface area contributed by atoms with E-state index in [4.69, 9.17) is 0 Å². The first-order valence-corrected chi connectivity index (χ1v) is 6.27. The third-order valence-corrected chi connectivity index (χ3v) is 3.28. The second kappa shape index (κ2) is 5.73. The topological polar surface area (TPSA) is 75.7 Å². The predicted molar refractivity (Wildman–Crippen MR) is 72.7 cm³/mol. The molecule has 6 heteroatoms. The largest absolute Gasteiger partial charge is 0.469 e. The molecule has 0 saturated carbocycles. The van der Waals surface area contributed by atoms with E-state index in [0.29, 0.717) is 12.1 Å². The standard InChI is InChI=1S/C14H16N2O4/c1-16-11-4-3-9(7-10(11)8-15-14(16)19)12(17)5-6-13(18)20-2/h3-4,7H,5-6,8H2,1-2H3,(H,15,19). The van der Waals surface area contributed by atoms with Gasteiger partial charge in [0.1, 0.15) is 0 Å². The highest BCUT2D eigenvalue weighted by molar-refractivity contribution is 6.00. The Hall–Kier alpha value is -2.37. The Bertz CT molecular complexity index is 568. The van der Waals surface area contributed by atoms with Gasteiger partial charge in [-0.05, 0) is 23.8 Å². The Morgan fingerprint density at radius 3 is 2.80 bits per heavy atom. The molecule has 2 amide bonds. The van der Waals surface area contributed by atoms with Crippen molar-refractivity contribution in [1.82, 2.24) is 5.32 Å². The van der Waals surface area contributed by atoms with Crippen LogP contribution in [0.3, 0.4) is 0 Å². The van der Waals surface area contributed by atoms with Gasteiger partial charge in [0.15, 0.2) is 5.78 Å². The quantitative estimate of drug-likeness (QED) is 0.667. The Morgan fingerprint density at radius 1 is 1.35 bits per heavy atom. The van der Waals surface area contributed by atoms with Crippen molar-refractivity contribution in [2.75, 3.05) is 19.1 Å². The molecule has 1 N–H and O–H groups in total. The normalized spacial score (nSPS) is 13.5. The number of nitrogens with zero attached hydrogens (tertiary/aromatic N) is 1. The fourth-order valence-corrected chi connectivity index (χ4v) is 2.09. The second-order valence-corrected chi connectivity index (χ2v) is 4.56. The number of carbonyl (C=O) groups excluding carboxylic acids is 3. The lowest BCUT2D eigenvalue weighted by Gasteiger charge is -2.26. The fraction of sp³-hybridized carbons (Fsp3) is 0.357. The maximum atomic E-state index is 12.0. The van der Waals surface area contributed by atoms with Gasteiger partial charge in [0, 0.05) is 25.6 Å². The molecule has 0 aliphatic carbocycles. The molecule has 106 valence electrons. The molecule has 1 aromatic carbocycles. The van der Waals surface area contributed by atoms with Crippen LogP contribution >= 0.6 is 0 Å². The summed E-state index contributed by atoms with van der Waals surface area (Å²) in [6.07, 6.45) is 0.191. The van der Waals surface area contributed by atoms with Crippen LogP contribution in [-0.4, -0.2) is 31.9 Å². The zero-order valence-electron chi connectivity index (χ0n) is 11.4. The number of ketones is 1. The molecule has 6 nitrogen and oxygen atoms in total. The van der Waals surface area contributed by atoms with Crippen LogP contribution in [-0.2, 0) is 16.1 Å². The van der Waals surface area contributed by atoms with Crippen LogP contribution in [0, 0.1) is 0 Å². The van der Waals surface area contributed by atoms with Gasteiger partial charge in [0.2, 0.25) is 0 Å². The lowest BCUT2D eigenvalue weighted by atomic mass is 10.0. The molecule has 0 spiro atoms. The molecule has 0 atom stereocenters. The molecule has 1 aliphatic rings. The van der Waals surface area contributed by atoms with E-state index in [0.717, 1.165) is 11.3 Å². The van der Waals surface area contributed by atoms with Crippen LogP contribution in [0.25, 0.3) is 0 Å². The fourth-order valence-electron chi connectivity index (χ4n) is 2.09. The molecule has 1 heterocycles. The number of anilines is 1. The summed E-state index contributed by atoms with van der Waals surface area (Å²) in [5, 5.41) is 2.72. The number of carbonyl (C=O) groups is 3. The Balaban J connectivity index is 2.13. The highest BCUT2D eigenvalue weighted by atomic mass is 16.5. The molecule has 2 rings (SSSR count). The van der Waals surface area contributed by atoms with E-state index in [-0.39, 0.29) is 24.7 Å². The van der Waals surface area contributed by atoms with Crippen LogP contribution in [0.2, 0.25) is 0 Å². The maximum Gasteiger partial charge on any atom is 0.321 e. The van der Waals surface area contributed by atoms with Crippen LogP contribution in [0.1, 0.15) is 28.8 Å². The van der Waals surface area contributed by atoms with Crippen molar-refractivity contribution in [2.24, 2.45) is 0 Å². The number of Topliss-reactive ketones (excluding diaryl/α,β-unsaturated/α-hetero) is 1. The minimum atomic E-state index is -0.400. The number of amides is 2. The summed E-state index contributed by atoms with van der Waals surface area (Å²) in [4.78, 5) is 36.0. The number of methoxy groups -OCH3 is 1. The Kier molecular flexibility index (Phi) is 4.02. The summed E-state index contributed by atoms with van der Waals surface area (Å²) in [6, 6.07) is 5.01. The predicted octanol–water partition coefficient (Wildman–Crippen LogP) is 1.48. The second-order valence-electron chi connectivity index (χ2n) is 4.56. The maximum absolute atomic E-state index is 12.0. The monoisotopic (exact) mass is 276 g/mol. The highest BCUT2D eigenvalue weighted by Gasteiger charge is 2.21. The van der Waals surface area contributed by atoms with Gasteiger partial charge in [-0.25, -0.2) is 4.79 Å². The highest BCUT2D eigenvalue weighted by Crippen LogP contribution is 2.25. The number of benzene rings is 1. The van der Waals surface area contributed by atoms with Crippen LogP contribution in [0.4, 0.5) is 10.5 Å². The van der Waals surface area contributed by atoms with Gasteiger partial charge in [-0.1, -0.05) is 0 Å². The minimum absolute atomic E-state index is 0.0725. The van der Waals surface area contributed by atoms with Crippen molar-refractivity contribution >= 4 is 23.5 Å². The molecule has 0 bridgehead atoms. The third-order valence-electron chi connectivity index (χ3n) is 3.28. The van der Waals surface area contributed by atoms with Crippen molar-refractivity contribution in [3.63, 3.8) is 0 Å². The van der Waals surface area contributed by atoms with Crippen molar-refractivity contribution < 1.29 is 19.1 Å². The number of esters is 1. The average Bonchev–Trinajstić information content (AvgIpc) is 2.47. The summed E-state index contributed by atoms with van der Waals surface area (Å²) in [6.45, 7) is 0.399. The van der Waals surface area contributed by atoms with Crippen LogP contribution in [0.5, 0.6) is 0 Å².